The second-order valence-electron chi connectivity index (χ2n) is 8.50. The molecule has 0 aliphatic heterocycles. The van der Waals surface area contributed by atoms with E-state index in [0.29, 0.717) is 4.47 Å². The highest BCUT2D eigenvalue weighted by Gasteiger charge is 2.34. The first-order valence-electron chi connectivity index (χ1n) is 10.1. The largest absolute Gasteiger partial charge is 0.271 e. The van der Waals surface area contributed by atoms with Crippen molar-refractivity contribution >= 4 is 46.0 Å². The quantitative estimate of drug-likeness (QED) is 0.380. The van der Waals surface area contributed by atoms with Crippen LogP contribution in [0.1, 0.15) is 26.3 Å². The van der Waals surface area contributed by atoms with Gasteiger partial charge in [0, 0.05) is 4.47 Å². The Balaban J connectivity index is 2.05. The molecule has 0 aliphatic rings. The Kier molecular flexibility index (Phi) is 7.91. The highest BCUT2D eigenvalue weighted by Crippen LogP contribution is 2.24. The van der Waals surface area contributed by atoms with Crippen molar-refractivity contribution in [2.75, 3.05) is 0 Å². The third kappa shape index (κ3) is 6.55. The van der Waals surface area contributed by atoms with Gasteiger partial charge in [-0.2, -0.15) is 0 Å². The van der Waals surface area contributed by atoms with Crippen molar-refractivity contribution in [3.63, 3.8) is 0 Å². The lowest BCUT2D eigenvalue weighted by atomic mass is 9.87. The summed E-state index contributed by atoms with van der Waals surface area (Å²) in [6.45, 7) is 5.87. The van der Waals surface area contributed by atoms with Crippen molar-refractivity contribution in [3.05, 3.63) is 88.9 Å². The van der Waals surface area contributed by atoms with E-state index in [1.165, 1.54) is 54.6 Å². The number of nitrogens with zero attached hydrogens (tertiary/aromatic N) is 1. The van der Waals surface area contributed by atoms with Gasteiger partial charge in [-0.05, 0) is 58.0 Å². The van der Waals surface area contributed by atoms with Crippen molar-refractivity contribution < 1.29 is 25.3 Å². The van der Waals surface area contributed by atoms with E-state index in [1.807, 2.05) is 30.4 Å². The van der Waals surface area contributed by atoms with Gasteiger partial charge in [0.15, 0.2) is 0 Å². The zero-order valence-corrected chi connectivity index (χ0v) is 23.0. The minimum absolute atomic E-state index is 0.00836. The van der Waals surface area contributed by atoms with E-state index in [9.17, 15) is 25.3 Å². The Bertz CT molecular complexity index is 1520. The summed E-state index contributed by atoms with van der Waals surface area (Å²) in [5.41, 5.74) is 0.624. The maximum absolute atomic E-state index is 13.3. The molecule has 0 bridgehead atoms. The van der Waals surface area contributed by atoms with Crippen LogP contribution in [-0.4, -0.2) is 29.8 Å². The summed E-state index contributed by atoms with van der Waals surface area (Å²) in [7, 11) is -13.7. The lowest BCUT2D eigenvalue weighted by Crippen LogP contribution is -2.55. The summed E-state index contributed by atoms with van der Waals surface area (Å²) in [6, 6.07) is 18.2. The van der Waals surface area contributed by atoms with Crippen LogP contribution in [0.15, 0.2) is 98.0 Å². The van der Waals surface area contributed by atoms with Crippen molar-refractivity contribution in [2.45, 2.75) is 40.9 Å². The van der Waals surface area contributed by atoms with Gasteiger partial charge in [-0.3, -0.25) is 0 Å². The molecule has 3 rings (SSSR count). The lowest BCUT2D eigenvalue weighted by molar-refractivity contribution is 0.343. The van der Waals surface area contributed by atoms with Gasteiger partial charge in [0.05, 0.1) is 14.7 Å². The van der Waals surface area contributed by atoms with Crippen molar-refractivity contribution in [3.8, 4) is 0 Å². The summed E-state index contributed by atoms with van der Waals surface area (Å²) in [5, 5.41) is 0. The summed E-state index contributed by atoms with van der Waals surface area (Å²) in [4.78, 5) is 2.84. The summed E-state index contributed by atoms with van der Waals surface area (Å²) in [6.07, 6.45) is 0. The molecule has 2 N–H and O–H groups in total. The average Bonchev–Trinajstić information content (AvgIpc) is 2.78. The second-order valence-corrected chi connectivity index (χ2v) is 14.5. The molecule has 35 heavy (non-hydrogen) atoms. The van der Waals surface area contributed by atoms with E-state index >= 15 is 0 Å². The molecule has 0 atom stereocenters. The zero-order chi connectivity index (χ0) is 26.1. The molecular formula is C22H24BrN3O6S3. The van der Waals surface area contributed by atoms with Crippen molar-refractivity contribution in [1.82, 2.24) is 14.2 Å². The Labute approximate surface area is 214 Å². The molecule has 188 valence electrons. The van der Waals surface area contributed by atoms with E-state index in [-0.39, 0.29) is 24.6 Å². The highest BCUT2D eigenvalue weighted by molar-refractivity contribution is 9.10. The zero-order valence-electron chi connectivity index (χ0n) is 19.0. The molecule has 9 nitrogen and oxygen atoms in total. The van der Waals surface area contributed by atoms with E-state index < -0.39 is 30.1 Å². The molecule has 0 radical (unpaired) electrons. The Morgan fingerprint density at radius 3 is 1.69 bits per heavy atom. The topological polar surface area (TPSA) is 130 Å². The minimum atomic E-state index is -4.68. The van der Waals surface area contributed by atoms with E-state index in [4.69, 9.17) is 0 Å². The lowest BCUT2D eigenvalue weighted by Gasteiger charge is -2.23. The molecular weight excluding hydrogens is 578 g/mol. The molecule has 0 aromatic heterocycles. The molecule has 0 spiro atoms. The van der Waals surface area contributed by atoms with Gasteiger partial charge in [0.2, 0.25) is 0 Å². The first-order chi connectivity index (χ1) is 16.1. The van der Waals surface area contributed by atoms with E-state index in [1.54, 1.807) is 24.3 Å². The standard InChI is InChI=1S/C22H24BrN3O6S3/c1-22(2,3)17-12-14-19(15-13-17)33(27,28)24-26(35(31,32)20-9-5-4-6-10-20)25-34(29,30)21-11-7-8-18(23)16-21/h4-16,24-25H,1-3H3. The van der Waals surface area contributed by atoms with Gasteiger partial charge in [0.1, 0.15) is 0 Å². The Morgan fingerprint density at radius 1 is 0.657 bits per heavy atom. The second kappa shape index (κ2) is 10.1. The van der Waals surface area contributed by atoms with Crippen LogP contribution >= 0.6 is 15.9 Å². The molecule has 0 fully saturated rings. The first-order valence-corrected chi connectivity index (χ1v) is 15.3. The maximum Gasteiger partial charge on any atom is 0.271 e. The first kappa shape index (κ1) is 27.5. The molecule has 0 unspecified atom stereocenters. The molecule has 0 heterocycles. The van der Waals surface area contributed by atoms with Crippen LogP contribution in [-0.2, 0) is 35.5 Å². The van der Waals surface area contributed by atoms with E-state index in [0.717, 1.165) is 5.56 Å². The monoisotopic (exact) mass is 601 g/mol. The Morgan fingerprint density at radius 2 is 1.17 bits per heavy atom. The Hall–Kier alpha value is -2.13. The summed E-state index contributed by atoms with van der Waals surface area (Å²) < 4.78 is 79.1. The molecule has 0 aliphatic carbocycles. The number of nitrogens with one attached hydrogen (secondary N) is 2. The summed E-state index contributed by atoms with van der Waals surface area (Å²) in [5.74, 6) is 0. The van der Waals surface area contributed by atoms with Crippen molar-refractivity contribution in [1.29, 1.82) is 0 Å². The third-order valence-electron chi connectivity index (χ3n) is 4.82. The molecule has 0 saturated carbocycles. The number of hydrazine groups is 2. The van der Waals surface area contributed by atoms with Gasteiger partial charge in [-0.25, -0.2) is 25.3 Å². The van der Waals surface area contributed by atoms with Gasteiger partial charge in [-0.1, -0.05) is 73.1 Å². The SMILES string of the molecule is CC(C)(C)c1ccc(S(=O)(=O)NN(NS(=O)(=O)c2cccc(Br)c2)S(=O)(=O)c2ccccc2)cc1. The number of hydrogen-bond acceptors (Lipinski definition) is 6. The van der Waals surface area contributed by atoms with Crippen LogP contribution in [0.25, 0.3) is 0 Å². The molecule has 0 amide bonds. The van der Waals surface area contributed by atoms with Gasteiger partial charge >= 0.3 is 0 Å². The molecule has 3 aromatic carbocycles. The van der Waals surface area contributed by atoms with Crippen LogP contribution in [0.5, 0.6) is 0 Å². The normalized spacial score (nSPS) is 13.2. The number of benzene rings is 3. The van der Waals surface area contributed by atoms with Gasteiger partial charge < -0.3 is 0 Å². The smallest absolute Gasteiger partial charge is 0.206 e. The van der Waals surface area contributed by atoms with Crippen LogP contribution in [0.3, 0.4) is 0 Å². The predicted molar refractivity (Wildman–Crippen MR) is 135 cm³/mol. The average molecular weight is 603 g/mol. The van der Waals surface area contributed by atoms with Crippen LogP contribution in [0, 0.1) is 0 Å². The number of rotatable bonds is 8. The van der Waals surface area contributed by atoms with Gasteiger partial charge in [0.25, 0.3) is 30.1 Å². The fourth-order valence-corrected chi connectivity index (χ4v) is 7.37. The van der Waals surface area contributed by atoms with E-state index in [2.05, 4.69) is 15.9 Å². The third-order valence-corrected chi connectivity index (χ3v) is 9.69. The maximum atomic E-state index is 13.3. The van der Waals surface area contributed by atoms with Crippen LogP contribution < -0.4 is 9.66 Å². The van der Waals surface area contributed by atoms with Crippen molar-refractivity contribution in [2.24, 2.45) is 0 Å². The molecule has 13 heteroatoms. The van der Waals surface area contributed by atoms with Gasteiger partial charge in [-0.15, -0.1) is 9.66 Å². The highest BCUT2D eigenvalue weighted by atomic mass is 79.9. The predicted octanol–water partition coefficient (Wildman–Crippen LogP) is 3.52. The fourth-order valence-electron chi connectivity index (χ4n) is 2.91. The van der Waals surface area contributed by atoms with Crippen LogP contribution in [0.4, 0.5) is 0 Å². The molecule has 0 saturated heterocycles. The number of halogens is 1. The fraction of sp³-hybridized carbons (Fsp3) is 0.182. The summed E-state index contributed by atoms with van der Waals surface area (Å²) >= 11 is 3.16. The number of sulfonamides is 3. The number of hydrogen-bond donors (Lipinski definition) is 2. The van der Waals surface area contributed by atoms with Crippen LogP contribution in [0.2, 0.25) is 0 Å². The molecule has 3 aromatic rings. The minimum Gasteiger partial charge on any atom is -0.206 e.